The highest BCUT2D eigenvalue weighted by atomic mass is 32.2. The fourth-order valence-electron chi connectivity index (χ4n) is 3.14. The molecule has 0 saturated carbocycles. The molecule has 0 amide bonds. The SMILES string of the molecule is Cc1cc(C)c(S(=O)(=O)N(C)CCN2CCCC2)c(C)c1. The fourth-order valence-corrected chi connectivity index (χ4v) is 4.70. The normalized spacial score (nSPS) is 16.8. The number of benzene rings is 1. The van der Waals surface area contributed by atoms with Crippen LogP contribution in [-0.2, 0) is 10.0 Å². The molecule has 118 valence electrons. The summed E-state index contributed by atoms with van der Waals surface area (Å²) < 4.78 is 27.1. The van der Waals surface area contributed by atoms with Crippen molar-refractivity contribution in [1.82, 2.24) is 9.21 Å². The maximum Gasteiger partial charge on any atom is 0.243 e. The fraction of sp³-hybridized carbons (Fsp3) is 0.625. The predicted molar refractivity (Wildman–Crippen MR) is 86.1 cm³/mol. The molecule has 0 spiro atoms. The number of likely N-dealkylation sites (N-methyl/N-ethyl adjacent to an activating group) is 1. The molecule has 0 bridgehead atoms. The van der Waals surface area contributed by atoms with Crippen LogP contribution in [0.2, 0.25) is 0 Å². The van der Waals surface area contributed by atoms with E-state index in [1.807, 2.05) is 32.9 Å². The van der Waals surface area contributed by atoms with E-state index in [0.29, 0.717) is 11.4 Å². The molecular weight excluding hydrogens is 284 g/mol. The maximum absolute atomic E-state index is 12.8. The van der Waals surface area contributed by atoms with E-state index in [1.54, 1.807) is 7.05 Å². The van der Waals surface area contributed by atoms with E-state index in [4.69, 9.17) is 0 Å². The lowest BCUT2D eigenvalue weighted by molar-refractivity contribution is 0.310. The number of sulfonamides is 1. The molecule has 21 heavy (non-hydrogen) atoms. The van der Waals surface area contributed by atoms with E-state index >= 15 is 0 Å². The van der Waals surface area contributed by atoms with E-state index in [0.717, 1.165) is 36.3 Å². The minimum Gasteiger partial charge on any atom is -0.302 e. The van der Waals surface area contributed by atoms with Crippen molar-refractivity contribution in [3.8, 4) is 0 Å². The Labute approximate surface area is 128 Å². The second-order valence-electron chi connectivity index (χ2n) is 6.10. The third kappa shape index (κ3) is 3.65. The van der Waals surface area contributed by atoms with Gasteiger partial charge in [0.2, 0.25) is 10.0 Å². The first-order chi connectivity index (χ1) is 9.82. The number of likely N-dealkylation sites (tertiary alicyclic amines) is 1. The van der Waals surface area contributed by atoms with Gasteiger partial charge in [-0.1, -0.05) is 17.7 Å². The first kappa shape index (κ1) is 16.5. The van der Waals surface area contributed by atoms with Gasteiger partial charge in [0.05, 0.1) is 4.90 Å². The van der Waals surface area contributed by atoms with Crippen LogP contribution in [0.4, 0.5) is 0 Å². The Morgan fingerprint density at radius 1 is 1.10 bits per heavy atom. The molecule has 0 radical (unpaired) electrons. The first-order valence-corrected chi connectivity index (χ1v) is 9.03. The average Bonchev–Trinajstić information content (AvgIpc) is 2.87. The lowest BCUT2D eigenvalue weighted by Crippen LogP contribution is -2.35. The Morgan fingerprint density at radius 2 is 1.62 bits per heavy atom. The highest BCUT2D eigenvalue weighted by Crippen LogP contribution is 2.24. The van der Waals surface area contributed by atoms with Crippen LogP contribution in [0.15, 0.2) is 17.0 Å². The van der Waals surface area contributed by atoms with Crippen LogP contribution in [0.3, 0.4) is 0 Å². The second kappa shape index (κ2) is 6.46. The minimum atomic E-state index is -3.40. The van der Waals surface area contributed by atoms with Gasteiger partial charge in [0, 0.05) is 20.1 Å². The molecule has 4 nitrogen and oxygen atoms in total. The molecule has 1 aliphatic rings. The topological polar surface area (TPSA) is 40.6 Å². The van der Waals surface area contributed by atoms with Gasteiger partial charge < -0.3 is 4.90 Å². The van der Waals surface area contributed by atoms with Crippen LogP contribution in [0, 0.1) is 20.8 Å². The lowest BCUT2D eigenvalue weighted by atomic mass is 10.1. The van der Waals surface area contributed by atoms with Crippen molar-refractivity contribution in [2.75, 3.05) is 33.2 Å². The Bertz CT molecular complexity index is 582. The van der Waals surface area contributed by atoms with Crippen molar-refractivity contribution in [3.63, 3.8) is 0 Å². The van der Waals surface area contributed by atoms with E-state index in [2.05, 4.69) is 4.90 Å². The second-order valence-corrected chi connectivity index (χ2v) is 8.08. The summed E-state index contributed by atoms with van der Waals surface area (Å²) in [5.41, 5.74) is 2.77. The van der Waals surface area contributed by atoms with Gasteiger partial charge in [-0.2, -0.15) is 4.31 Å². The number of rotatable bonds is 5. The van der Waals surface area contributed by atoms with E-state index in [9.17, 15) is 8.42 Å². The molecule has 2 rings (SSSR count). The number of hydrogen-bond donors (Lipinski definition) is 0. The molecule has 1 heterocycles. The van der Waals surface area contributed by atoms with E-state index in [-0.39, 0.29) is 0 Å². The molecule has 1 aromatic rings. The van der Waals surface area contributed by atoms with Crippen molar-refractivity contribution in [2.24, 2.45) is 0 Å². The molecule has 5 heteroatoms. The monoisotopic (exact) mass is 310 g/mol. The standard InChI is InChI=1S/C16H26N2O2S/c1-13-11-14(2)16(15(3)12-13)21(19,20)17(4)9-10-18-7-5-6-8-18/h11-12H,5-10H2,1-4H3. The highest BCUT2D eigenvalue weighted by Gasteiger charge is 2.25. The zero-order valence-corrected chi connectivity index (χ0v) is 14.3. The summed E-state index contributed by atoms with van der Waals surface area (Å²) in [6.45, 7) is 9.30. The minimum absolute atomic E-state index is 0.469. The third-order valence-electron chi connectivity index (χ3n) is 4.20. The Morgan fingerprint density at radius 3 is 2.14 bits per heavy atom. The zero-order valence-electron chi connectivity index (χ0n) is 13.5. The van der Waals surface area contributed by atoms with Crippen molar-refractivity contribution in [3.05, 3.63) is 28.8 Å². The predicted octanol–water partition coefficient (Wildman–Crippen LogP) is 2.33. The molecule has 1 aromatic carbocycles. The Balaban J connectivity index is 2.17. The van der Waals surface area contributed by atoms with Crippen LogP contribution >= 0.6 is 0 Å². The molecule has 0 N–H and O–H groups in total. The Kier molecular flexibility index (Phi) is 5.07. The number of nitrogens with zero attached hydrogens (tertiary/aromatic N) is 2. The molecule has 0 aromatic heterocycles. The third-order valence-corrected chi connectivity index (χ3v) is 6.37. The maximum atomic E-state index is 12.8. The summed E-state index contributed by atoms with van der Waals surface area (Å²) in [5, 5.41) is 0. The quantitative estimate of drug-likeness (QED) is 0.838. The zero-order chi connectivity index (χ0) is 15.6. The van der Waals surface area contributed by atoms with Gasteiger partial charge in [0.25, 0.3) is 0 Å². The lowest BCUT2D eigenvalue weighted by Gasteiger charge is -2.23. The van der Waals surface area contributed by atoms with Crippen molar-refractivity contribution in [2.45, 2.75) is 38.5 Å². The van der Waals surface area contributed by atoms with Gasteiger partial charge in [-0.15, -0.1) is 0 Å². The summed E-state index contributed by atoms with van der Waals surface area (Å²) in [6, 6.07) is 3.88. The molecule has 1 fully saturated rings. The molecule has 1 aliphatic heterocycles. The van der Waals surface area contributed by atoms with Crippen LogP contribution in [0.25, 0.3) is 0 Å². The van der Waals surface area contributed by atoms with Crippen LogP contribution in [0.1, 0.15) is 29.5 Å². The molecule has 0 aliphatic carbocycles. The van der Waals surface area contributed by atoms with Gasteiger partial charge >= 0.3 is 0 Å². The Hall–Kier alpha value is -0.910. The van der Waals surface area contributed by atoms with E-state index < -0.39 is 10.0 Å². The molecule has 0 unspecified atom stereocenters. The smallest absolute Gasteiger partial charge is 0.243 e. The van der Waals surface area contributed by atoms with Gasteiger partial charge in [0.15, 0.2) is 0 Å². The van der Waals surface area contributed by atoms with E-state index in [1.165, 1.54) is 17.1 Å². The molecular formula is C16H26N2O2S. The van der Waals surface area contributed by atoms with Gasteiger partial charge in [-0.25, -0.2) is 8.42 Å². The van der Waals surface area contributed by atoms with Gasteiger partial charge in [0.1, 0.15) is 0 Å². The average molecular weight is 310 g/mol. The van der Waals surface area contributed by atoms with Crippen molar-refractivity contribution in [1.29, 1.82) is 0 Å². The van der Waals surface area contributed by atoms with Gasteiger partial charge in [-0.05, 0) is 57.8 Å². The van der Waals surface area contributed by atoms with Crippen LogP contribution < -0.4 is 0 Å². The molecule has 1 saturated heterocycles. The van der Waals surface area contributed by atoms with Crippen LogP contribution in [-0.4, -0.2) is 50.8 Å². The number of hydrogen-bond acceptors (Lipinski definition) is 3. The van der Waals surface area contributed by atoms with Crippen molar-refractivity contribution < 1.29 is 8.42 Å². The van der Waals surface area contributed by atoms with Crippen molar-refractivity contribution >= 4 is 10.0 Å². The highest BCUT2D eigenvalue weighted by molar-refractivity contribution is 7.89. The summed E-state index contributed by atoms with van der Waals surface area (Å²) >= 11 is 0. The first-order valence-electron chi connectivity index (χ1n) is 7.59. The summed E-state index contributed by atoms with van der Waals surface area (Å²) in [4.78, 5) is 2.80. The summed E-state index contributed by atoms with van der Waals surface area (Å²) in [5.74, 6) is 0. The molecule has 0 atom stereocenters. The number of aryl methyl sites for hydroxylation is 3. The summed E-state index contributed by atoms with van der Waals surface area (Å²) in [6.07, 6.45) is 2.46. The van der Waals surface area contributed by atoms with Crippen LogP contribution in [0.5, 0.6) is 0 Å². The summed E-state index contributed by atoms with van der Waals surface area (Å²) in [7, 11) is -1.72. The van der Waals surface area contributed by atoms with Gasteiger partial charge in [-0.3, -0.25) is 0 Å². The largest absolute Gasteiger partial charge is 0.302 e.